The minimum absolute atomic E-state index is 0.298. The molecule has 0 saturated carbocycles. The van der Waals surface area contributed by atoms with E-state index in [2.05, 4.69) is 10.3 Å². The lowest BCUT2D eigenvalue weighted by Gasteiger charge is -2.29. The largest absolute Gasteiger partial charge is 0.480 e. The smallest absolute Gasteiger partial charge is 0.321 e. The number of hydrogen-bond donors (Lipinski definition) is 3. The zero-order chi connectivity index (χ0) is 16.0. The Morgan fingerprint density at radius 2 is 1.87 bits per heavy atom. The fourth-order valence-corrected chi connectivity index (χ4v) is 3.31. The lowest BCUT2D eigenvalue weighted by molar-refractivity contribution is -0.139. The molecule has 3 N–H and O–H groups in total. The maximum atomic E-state index is 13.2. The Labute approximate surface area is 132 Å². The normalized spacial score (nSPS) is 20.4. The molecule has 0 radical (unpaired) electrons. The molecule has 0 aliphatic carbocycles. The number of benzene rings is 2. The molecule has 1 aliphatic heterocycles. The minimum atomic E-state index is -0.881. The molecule has 4 nitrogen and oxygen atoms in total. The van der Waals surface area contributed by atoms with Gasteiger partial charge in [-0.25, -0.2) is 4.39 Å². The van der Waals surface area contributed by atoms with Gasteiger partial charge < -0.3 is 10.1 Å². The van der Waals surface area contributed by atoms with Gasteiger partial charge in [0.05, 0.1) is 6.04 Å². The first-order valence-electron chi connectivity index (χ1n) is 7.47. The molecule has 2 aromatic carbocycles. The van der Waals surface area contributed by atoms with Gasteiger partial charge in [0, 0.05) is 23.0 Å². The topological polar surface area (TPSA) is 65.1 Å². The second-order valence-electron chi connectivity index (χ2n) is 5.81. The summed E-state index contributed by atoms with van der Waals surface area (Å²) in [4.78, 5) is 14.9. The lowest BCUT2D eigenvalue weighted by Crippen LogP contribution is -2.44. The van der Waals surface area contributed by atoms with Gasteiger partial charge in [0.25, 0.3) is 0 Å². The van der Waals surface area contributed by atoms with Crippen molar-refractivity contribution >= 4 is 16.9 Å². The summed E-state index contributed by atoms with van der Waals surface area (Å²) in [6.07, 6.45) is 0.423. The van der Waals surface area contributed by atoms with Gasteiger partial charge in [-0.3, -0.25) is 10.1 Å². The van der Waals surface area contributed by atoms with Crippen LogP contribution in [0.5, 0.6) is 0 Å². The maximum Gasteiger partial charge on any atom is 0.321 e. The molecule has 116 valence electrons. The fourth-order valence-electron chi connectivity index (χ4n) is 3.31. The number of aromatic nitrogens is 1. The van der Waals surface area contributed by atoms with Crippen LogP contribution >= 0.6 is 0 Å². The van der Waals surface area contributed by atoms with Crippen molar-refractivity contribution in [2.24, 2.45) is 0 Å². The van der Waals surface area contributed by atoms with Crippen LogP contribution in [0.2, 0.25) is 0 Å². The van der Waals surface area contributed by atoms with Crippen LogP contribution in [0, 0.1) is 5.82 Å². The number of para-hydroxylation sites is 1. The van der Waals surface area contributed by atoms with Crippen molar-refractivity contribution in [3.63, 3.8) is 0 Å². The predicted octanol–water partition coefficient (Wildman–Crippen LogP) is 3.00. The summed E-state index contributed by atoms with van der Waals surface area (Å²) in [6, 6.07) is 13.1. The summed E-state index contributed by atoms with van der Waals surface area (Å²) < 4.78 is 13.2. The van der Waals surface area contributed by atoms with E-state index in [0.29, 0.717) is 6.42 Å². The minimum Gasteiger partial charge on any atom is -0.480 e. The third-order valence-electron chi connectivity index (χ3n) is 4.41. The van der Waals surface area contributed by atoms with E-state index in [-0.39, 0.29) is 11.9 Å². The van der Waals surface area contributed by atoms with Crippen LogP contribution in [0.15, 0.2) is 48.5 Å². The lowest BCUT2D eigenvalue weighted by atomic mass is 9.90. The first kappa shape index (κ1) is 14.0. The highest BCUT2D eigenvalue weighted by Crippen LogP contribution is 2.35. The van der Waals surface area contributed by atoms with Gasteiger partial charge in [0.15, 0.2) is 0 Å². The molecule has 23 heavy (non-hydrogen) atoms. The highest BCUT2D eigenvalue weighted by molar-refractivity contribution is 5.87. The van der Waals surface area contributed by atoms with Gasteiger partial charge in [-0.1, -0.05) is 30.3 Å². The first-order valence-corrected chi connectivity index (χ1v) is 7.47. The molecule has 0 saturated heterocycles. The number of carbonyl (C=O) groups is 1. The van der Waals surface area contributed by atoms with Crippen molar-refractivity contribution in [2.45, 2.75) is 18.5 Å². The van der Waals surface area contributed by atoms with Crippen LogP contribution in [-0.4, -0.2) is 22.1 Å². The molecule has 3 aromatic rings. The maximum absolute atomic E-state index is 13.2. The molecule has 0 bridgehead atoms. The van der Waals surface area contributed by atoms with Crippen LogP contribution in [0.4, 0.5) is 4.39 Å². The molecule has 0 unspecified atom stereocenters. The Balaban J connectivity index is 1.89. The van der Waals surface area contributed by atoms with Gasteiger partial charge in [-0.2, -0.15) is 0 Å². The van der Waals surface area contributed by atoms with E-state index in [1.165, 1.54) is 12.1 Å². The molecule has 0 spiro atoms. The van der Waals surface area contributed by atoms with Crippen molar-refractivity contribution in [3.8, 4) is 0 Å². The van der Waals surface area contributed by atoms with E-state index < -0.39 is 12.0 Å². The van der Waals surface area contributed by atoms with E-state index in [1.807, 2.05) is 24.3 Å². The Kier molecular flexibility index (Phi) is 3.16. The fraction of sp³-hybridized carbons (Fsp3) is 0.167. The third kappa shape index (κ3) is 2.29. The van der Waals surface area contributed by atoms with E-state index in [9.17, 15) is 14.3 Å². The highest BCUT2D eigenvalue weighted by atomic mass is 19.1. The van der Waals surface area contributed by atoms with Gasteiger partial charge in [0.2, 0.25) is 0 Å². The van der Waals surface area contributed by atoms with Crippen LogP contribution in [0.1, 0.15) is 22.9 Å². The number of fused-ring (bicyclic) bond motifs is 3. The predicted molar refractivity (Wildman–Crippen MR) is 84.8 cm³/mol. The van der Waals surface area contributed by atoms with Crippen LogP contribution in [0.25, 0.3) is 10.9 Å². The Morgan fingerprint density at radius 3 is 2.61 bits per heavy atom. The number of H-pyrrole nitrogens is 1. The average Bonchev–Trinajstić information content (AvgIpc) is 2.93. The highest BCUT2D eigenvalue weighted by Gasteiger charge is 2.33. The summed E-state index contributed by atoms with van der Waals surface area (Å²) in [7, 11) is 0. The number of hydrogen-bond acceptors (Lipinski definition) is 2. The molecule has 1 aliphatic rings. The quantitative estimate of drug-likeness (QED) is 0.682. The van der Waals surface area contributed by atoms with E-state index in [1.54, 1.807) is 12.1 Å². The monoisotopic (exact) mass is 310 g/mol. The number of carboxylic acid groups (broad SMARTS) is 1. The number of aliphatic carboxylic acids is 1. The van der Waals surface area contributed by atoms with Crippen LogP contribution in [0.3, 0.4) is 0 Å². The number of aromatic amines is 1. The van der Waals surface area contributed by atoms with Crippen LogP contribution in [-0.2, 0) is 11.2 Å². The number of nitrogens with one attached hydrogen (secondary N) is 2. The summed E-state index contributed by atoms with van der Waals surface area (Å²) in [5.74, 6) is -1.19. The summed E-state index contributed by atoms with van der Waals surface area (Å²) in [5.41, 5.74) is 3.79. The second kappa shape index (κ2) is 5.21. The summed E-state index contributed by atoms with van der Waals surface area (Å²) >= 11 is 0. The van der Waals surface area contributed by atoms with E-state index in [4.69, 9.17) is 0 Å². The molecule has 0 amide bonds. The van der Waals surface area contributed by atoms with Gasteiger partial charge >= 0.3 is 5.97 Å². The average molecular weight is 310 g/mol. The number of rotatable bonds is 2. The number of carboxylic acids is 1. The molecular formula is C18H15FN2O2. The van der Waals surface area contributed by atoms with Gasteiger partial charge in [0.1, 0.15) is 11.9 Å². The molecule has 1 aromatic heterocycles. The Hall–Kier alpha value is -2.66. The molecular weight excluding hydrogens is 295 g/mol. The van der Waals surface area contributed by atoms with Crippen molar-refractivity contribution in [1.82, 2.24) is 10.3 Å². The van der Waals surface area contributed by atoms with Crippen molar-refractivity contribution < 1.29 is 14.3 Å². The third-order valence-corrected chi connectivity index (χ3v) is 4.41. The zero-order valence-electron chi connectivity index (χ0n) is 12.2. The molecule has 0 fully saturated rings. The van der Waals surface area contributed by atoms with Gasteiger partial charge in [-0.15, -0.1) is 0 Å². The number of halogens is 1. The summed E-state index contributed by atoms with van der Waals surface area (Å²) in [6.45, 7) is 0. The standard InChI is InChI=1S/C18H15FN2O2/c19-11-7-5-10(6-8-11)16-17-13(9-15(21-16)18(22)23)12-3-1-2-4-14(12)20-17/h1-8,15-16,20-21H,9H2,(H,22,23)/t15-,16-/m0/s1. The van der Waals surface area contributed by atoms with E-state index >= 15 is 0 Å². The van der Waals surface area contributed by atoms with Crippen molar-refractivity contribution in [2.75, 3.05) is 0 Å². The van der Waals surface area contributed by atoms with Crippen LogP contribution < -0.4 is 5.32 Å². The molecule has 5 heteroatoms. The molecule has 4 rings (SSSR count). The van der Waals surface area contributed by atoms with Crippen molar-refractivity contribution in [1.29, 1.82) is 0 Å². The zero-order valence-corrected chi connectivity index (χ0v) is 12.2. The van der Waals surface area contributed by atoms with E-state index in [0.717, 1.165) is 27.7 Å². The van der Waals surface area contributed by atoms with Gasteiger partial charge in [-0.05, 0) is 29.3 Å². The van der Waals surface area contributed by atoms with Crippen molar-refractivity contribution in [3.05, 3.63) is 71.2 Å². The second-order valence-corrected chi connectivity index (χ2v) is 5.81. The Morgan fingerprint density at radius 1 is 1.13 bits per heavy atom. The molecule has 2 atom stereocenters. The first-order chi connectivity index (χ1) is 11.1. The SMILES string of the molecule is O=C(O)[C@@H]1Cc2c([nH]c3ccccc23)[C@H](c2ccc(F)cc2)N1. The Bertz CT molecular complexity index is 886. The summed E-state index contributed by atoms with van der Waals surface area (Å²) in [5, 5.41) is 13.6. The molecule has 2 heterocycles.